The average molecular weight is 378 g/mol. The molecule has 104 valence electrons. The standard InChI is InChI=1S/C11H7BrCl2N4O2/c1-20-8-3-7(13)16-11(17-8)18-10(19)6-2-5(12)4-15-9(6)14/h2-4H,1H3,(H,16,17,18,19). The molecule has 1 N–H and O–H groups in total. The molecule has 2 rings (SSSR count). The number of halogens is 3. The van der Waals surface area contributed by atoms with E-state index in [1.54, 1.807) is 0 Å². The van der Waals surface area contributed by atoms with Gasteiger partial charge in [-0.25, -0.2) is 9.97 Å². The van der Waals surface area contributed by atoms with Crippen LogP contribution in [0.1, 0.15) is 10.4 Å². The van der Waals surface area contributed by atoms with Gasteiger partial charge in [0.05, 0.1) is 12.7 Å². The number of carbonyl (C=O) groups is 1. The molecule has 0 aliphatic carbocycles. The maximum absolute atomic E-state index is 12.1. The van der Waals surface area contributed by atoms with Crippen LogP contribution in [0, 0.1) is 0 Å². The van der Waals surface area contributed by atoms with Gasteiger partial charge in [-0.3, -0.25) is 10.1 Å². The first-order chi connectivity index (χ1) is 9.49. The van der Waals surface area contributed by atoms with Gasteiger partial charge in [-0.15, -0.1) is 0 Å². The van der Waals surface area contributed by atoms with Crippen LogP contribution < -0.4 is 10.1 Å². The Morgan fingerprint density at radius 1 is 1.35 bits per heavy atom. The van der Waals surface area contributed by atoms with Crippen LogP contribution >= 0.6 is 39.1 Å². The van der Waals surface area contributed by atoms with Crippen LogP contribution in [-0.4, -0.2) is 28.0 Å². The number of ether oxygens (including phenoxy) is 1. The van der Waals surface area contributed by atoms with Crippen molar-refractivity contribution >= 4 is 51.0 Å². The fourth-order valence-electron chi connectivity index (χ4n) is 1.31. The quantitative estimate of drug-likeness (QED) is 0.656. The van der Waals surface area contributed by atoms with Crippen LogP contribution in [0.25, 0.3) is 0 Å². The molecule has 0 aliphatic heterocycles. The van der Waals surface area contributed by atoms with Gasteiger partial charge < -0.3 is 4.74 Å². The van der Waals surface area contributed by atoms with Gasteiger partial charge in [0, 0.05) is 16.7 Å². The van der Waals surface area contributed by atoms with Crippen LogP contribution in [-0.2, 0) is 0 Å². The molecule has 0 spiro atoms. The third kappa shape index (κ3) is 3.56. The van der Waals surface area contributed by atoms with E-state index in [4.69, 9.17) is 27.9 Å². The molecule has 2 aromatic rings. The molecule has 20 heavy (non-hydrogen) atoms. The van der Waals surface area contributed by atoms with E-state index in [2.05, 4.69) is 36.2 Å². The fraction of sp³-hybridized carbons (Fsp3) is 0.0909. The highest BCUT2D eigenvalue weighted by atomic mass is 79.9. The number of anilines is 1. The summed E-state index contributed by atoms with van der Waals surface area (Å²) in [4.78, 5) is 23.7. The van der Waals surface area contributed by atoms with Crippen LogP contribution in [0.5, 0.6) is 5.88 Å². The molecule has 0 aliphatic rings. The lowest BCUT2D eigenvalue weighted by atomic mass is 10.3. The molecule has 2 heterocycles. The van der Waals surface area contributed by atoms with Gasteiger partial charge in [0.15, 0.2) is 0 Å². The topological polar surface area (TPSA) is 77.0 Å². The van der Waals surface area contributed by atoms with Crippen molar-refractivity contribution in [2.75, 3.05) is 12.4 Å². The number of hydrogen-bond acceptors (Lipinski definition) is 5. The zero-order valence-corrected chi connectivity index (χ0v) is 13.1. The largest absolute Gasteiger partial charge is 0.481 e. The number of aromatic nitrogens is 3. The molecule has 6 nitrogen and oxygen atoms in total. The van der Waals surface area contributed by atoms with Crippen LogP contribution in [0.2, 0.25) is 10.3 Å². The van der Waals surface area contributed by atoms with Crippen LogP contribution in [0.4, 0.5) is 5.95 Å². The molecule has 0 radical (unpaired) electrons. The number of methoxy groups -OCH3 is 1. The van der Waals surface area contributed by atoms with Crippen molar-refractivity contribution in [2.24, 2.45) is 0 Å². The first kappa shape index (κ1) is 15.0. The van der Waals surface area contributed by atoms with Gasteiger partial charge in [-0.2, -0.15) is 4.98 Å². The van der Waals surface area contributed by atoms with Gasteiger partial charge in [0.1, 0.15) is 10.3 Å². The van der Waals surface area contributed by atoms with Crippen LogP contribution in [0.3, 0.4) is 0 Å². The Morgan fingerprint density at radius 2 is 2.10 bits per heavy atom. The second kappa shape index (κ2) is 6.34. The number of pyridine rings is 1. The van der Waals surface area contributed by atoms with Gasteiger partial charge in [-0.05, 0) is 22.0 Å². The summed E-state index contributed by atoms with van der Waals surface area (Å²) in [6.45, 7) is 0. The van der Waals surface area contributed by atoms with Gasteiger partial charge in [0.25, 0.3) is 5.91 Å². The van der Waals surface area contributed by atoms with Crippen molar-refractivity contribution in [3.63, 3.8) is 0 Å². The molecule has 9 heteroatoms. The average Bonchev–Trinajstić information content (AvgIpc) is 2.40. The summed E-state index contributed by atoms with van der Waals surface area (Å²) < 4.78 is 5.55. The van der Waals surface area contributed by atoms with Crippen molar-refractivity contribution in [3.8, 4) is 5.88 Å². The second-order valence-electron chi connectivity index (χ2n) is 3.50. The van der Waals surface area contributed by atoms with Crippen molar-refractivity contribution in [3.05, 3.63) is 38.7 Å². The van der Waals surface area contributed by atoms with Gasteiger partial charge in [-0.1, -0.05) is 23.2 Å². The Morgan fingerprint density at radius 3 is 2.80 bits per heavy atom. The zero-order chi connectivity index (χ0) is 14.7. The minimum Gasteiger partial charge on any atom is -0.481 e. The Kier molecular flexibility index (Phi) is 4.74. The molecule has 2 aromatic heterocycles. The lowest BCUT2D eigenvalue weighted by Crippen LogP contribution is -2.15. The molecule has 0 bridgehead atoms. The Bertz CT molecular complexity index is 669. The summed E-state index contributed by atoms with van der Waals surface area (Å²) in [6, 6.07) is 2.96. The number of rotatable bonds is 3. The highest BCUT2D eigenvalue weighted by Crippen LogP contribution is 2.20. The molecule has 0 saturated carbocycles. The van der Waals surface area contributed by atoms with E-state index in [1.165, 1.54) is 25.4 Å². The van der Waals surface area contributed by atoms with E-state index in [0.717, 1.165) is 0 Å². The molecular formula is C11H7BrCl2N4O2. The molecule has 0 aromatic carbocycles. The van der Waals surface area contributed by atoms with E-state index < -0.39 is 5.91 Å². The number of nitrogens with one attached hydrogen (secondary N) is 1. The Labute approximate surface area is 132 Å². The summed E-state index contributed by atoms with van der Waals surface area (Å²) in [7, 11) is 1.43. The lowest BCUT2D eigenvalue weighted by Gasteiger charge is -2.07. The molecule has 1 amide bonds. The highest BCUT2D eigenvalue weighted by molar-refractivity contribution is 9.10. The van der Waals surface area contributed by atoms with E-state index >= 15 is 0 Å². The highest BCUT2D eigenvalue weighted by Gasteiger charge is 2.14. The minimum atomic E-state index is -0.506. The predicted molar refractivity (Wildman–Crippen MR) is 78.5 cm³/mol. The number of nitrogens with zero attached hydrogens (tertiary/aromatic N) is 3. The molecule has 0 unspecified atom stereocenters. The first-order valence-electron chi connectivity index (χ1n) is 5.20. The number of carbonyl (C=O) groups excluding carboxylic acids is 1. The van der Waals surface area contributed by atoms with E-state index in [-0.39, 0.29) is 27.7 Å². The van der Waals surface area contributed by atoms with Gasteiger partial charge in [0.2, 0.25) is 11.8 Å². The van der Waals surface area contributed by atoms with Crippen molar-refractivity contribution in [2.45, 2.75) is 0 Å². The Hall–Kier alpha value is -1.44. The van der Waals surface area contributed by atoms with Crippen molar-refractivity contribution in [1.82, 2.24) is 15.0 Å². The maximum atomic E-state index is 12.1. The Balaban J connectivity index is 2.27. The fourth-order valence-corrected chi connectivity index (χ4v) is 2.00. The summed E-state index contributed by atoms with van der Waals surface area (Å²) in [5.74, 6) is -0.262. The SMILES string of the molecule is COc1cc(Cl)nc(NC(=O)c2cc(Br)cnc2Cl)n1. The van der Waals surface area contributed by atoms with E-state index in [1.807, 2.05) is 0 Å². The number of hydrogen-bond donors (Lipinski definition) is 1. The molecule has 0 atom stereocenters. The second-order valence-corrected chi connectivity index (χ2v) is 5.16. The van der Waals surface area contributed by atoms with E-state index in [0.29, 0.717) is 4.47 Å². The monoisotopic (exact) mass is 376 g/mol. The molecule has 0 saturated heterocycles. The summed E-state index contributed by atoms with van der Waals surface area (Å²) in [5, 5.41) is 2.68. The lowest BCUT2D eigenvalue weighted by molar-refractivity contribution is 0.102. The van der Waals surface area contributed by atoms with E-state index in [9.17, 15) is 4.79 Å². The molecular weight excluding hydrogens is 371 g/mol. The first-order valence-corrected chi connectivity index (χ1v) is 6.75. The minimum absolute atomic E-state index is 0.00962. The van der Waals surface area contributed by atoms with Crippen LogP contribution in [0.15, 0.2) is 22.8 Å². The summed E-state index contributed by atoms with van der Waals surface area (Å²) in [5.41, 5.74) is 0.184. The van der Waals surface area contributed by atoms with Crippen molar-refractivity contribution < 1.29 is 9.53 Å². The third-order valence-electron chi connectivity index (χ3n) is 2.16. The molecule has 0 fully saturated rings. The smallest absolute Gasteiger partial charge is 0.261 e. The van der Waals surface area contributed by atoms with Gasteiger partial charge >= 0.3 is 0 Å². The zero-order valence-electron chi connectivity index (χ0n) is 10.0. The summed E-state index contributed by atoms with van der Waals surface area (Å²) in [6.07, 6.45) is 1.48. The van der Waals surface area contributed by atoms with Crippen molar-refractivity contribution in [1.29, 1.82) is 0 Å². The number of amides is 1. The maximum Gasteiger partial charge on any atom is 0.261 e. The third-order valence-corrected chi connectivity index (χ3v) is 3.08. The summed E-state index contributed by atoms with van der Waals surface area (Å²) >= 11 is 14.9. The predicted octanol–water partition coefficient (Wildman–Crippen LogP) is 3.20. The normalized spacial score (nSPS) is 10.2.